The van der Waals surface area contributed by atoms with Crippen LogP contribution in [0.25, 0.3) is 0 Å². The van der Waals surface area contributed by atoms with Crippen molar-refractivity contribution in [1.29, 1.82) is 0 Å². The quantitative estimate of drug-likeness (QED) is 0.508. The summed E-state index contributed by atoms with van der Waals surface area (Å²) in [4.78, 5) is 10.3. The summed E-state index contributed by atoms with van der Waals surface area (Å²) in [6.07, 6.45) is 0. The van der Waals surface area contributed by atoms with Crippen LogP contribution in [-0.4, -0.2) is 11.9 Å². The zero-order valence-corrected chi connectivity index (χ0v) is 5.22. The fraction of sp³-hybridized carbons (Fsp3) is 0.800. The van der Waals surface area contributed by atoms with E-state index in [1.165, 1.54) is 0 Å². The van der Waals surface area contributed by atoms with E-state index in [0.717, 1.165) is 0 Å². The third kappa shape index (κ3) is 1.93. The highest BCUT2D eigenvalue weighted by atomic mass is 16.1. The van der Waals surface area contributed by atoms with Gasteiger partial charge in [0.15, 0.2) is 0 Å². The Kier molecular flexibility index (Phi) is 2.48. The molecule has 0 fully saturated rings. The van der Waals surface area contributed by atoms with Gasteiger partial charge in [-0.25, -0.2) is 0 Å². The lowest BCUT2D eigenvalue weighted by Gasteiger charge is -2.09. The molecule has 4 N–H and O–H groups in total. The van der Waals surface area contributed by atoms with E-state index in [1.54, 1.807) is 13.8 Å². The van der Waals surface area contributed by atoms with Crippen molar-refractivity contribution in [3.63, 3.8) is 0 Å². The summed E-state index contributed by atoms with van der Waals surface area (Å²) in [5, 5.41) is 0. The van der Waals surface area contributed by atoms with Crippen molar-refractivity contribution < 1.29 is 4.79 Å². The molecule has 3 nitrogen and oxygen atoms in total. The number of hydrogen-bond donors (Lipinski definition) is 2. The molecule has 2 atom stereocenters. The number of carbonyl (C=O) groups is 1. The minimum Gasteiger partial charge on any atom is -0.369 e. The van der Waals surface area contributed by atoms with Crippen LogP contribution in [-0.2, 0) is 4.79 Å². The Morgan fingerprint density at radius 1 is 1.50 bits per heavy atom. The molecule has 48 valence electrons. The molecule has 0 saturated carbocycles. The first kappa shape index (κ1) is 7.43. The third-order valence-corrected chi connectivity index (χ3v) is 1.24. The summed E-state index contributed by atoms with van der Waals surface area (Å²) in [5.74, 6) is -0.546. The van der Waals surface area contributed by atoms with Crippen molar-refractivity contribution in [2.75, 3.05) is 0 Å². The van der Waals surface area contributed by atoms with Gasteiger partial charge in [-0.15, -0.1) is 0 Å². The van der Waals surface area contributed by atoms with Crippen LogP contribution >= 0.6 is 0 Å². The van der Waals surface area contributed by atoms with Crippen LogP contribution in [0.2, 0.25) is 0 Å². The number of rotatable bonds is 2. The van der Waals surface area contributed by atoms with Gasteiger partial charge in [0.1, 0.15) is 0 Å². The lowest BCUT2D eigenvalue weighted by Crippen LogP contribution is -2.34. The second-order valence-corrected chi connectivity index (χ2v) is 2.05. The highest BCUT2D eigenvalue weighted by Crippen LogP contribution is 1.95. The zero-order valence-electron chi connectivity index (χ0n) is 5.22. The van der Waals surface area contributed by atoms with E-state index in [2.05, 4.69) is 0 Å². The highest BCUT2D eigenvalue weighted by Gasteiger charge is 2.11. The Labute approximate surface area is 49.0 Å². The topological polar surface area (TPSA) is 69.1 Å². The van der Waals surface area contributed by atoms with Gasteiger partial charge in [0, 0.05) is 12.0 Å². The van der Waals surface area contributed by atoms with Gasteiger partial charge < -0.3 is 11.5 Å². The van der Waals surface area contributed by atoms with Crippen molar-refractivity contribution in [2.24, 2.45) is 17.4 Å². The lowest BCUT2D eigenvalue weighted by molar-refractivity contribution is -0.121. The van der Waals surface area contributed by atoms with Gasteiger partial charge in [0.05, 0.1) is 0 Å². The average Bonchev–Trinajstić information content (AvgIpc) is 1.64. The lowest BCUT2D eigenvalue weighted by atomic mass is 10.1. The molecule has 0 aromatic heterocycles. The molecule has 0 aliphatic heterocycles. The number of hydrogen-bond acceptors (Lipinski definition) is 2. The van der Waals surface area contributed by atoms with Gasteiger partial charge in [0.25, 0.3) is 0 Å². The third-order valence-electron chi connectivity index (χ3n) is 1.24. The fourth-order valence-electron chi connectivity index (χ4n) is 0.259. The minimum absolute atomic E-state index is 0.132. The molecule has 0 aromatic rings. The minimum atomic E-state index is -0.333. The van der Waals surface area contributed by atoms with Crippen LogP contribution < -0.4 is 11.5 Å². The molecule has 8 heavy (non-hydrogen) atoms. The maximum atomic E-state index is 10.3. The molecule has 0 aliphatic rings. The second-order valence-electron chi connectivity index (χ2n) is 2.05. The van der Waals surface area contributed by atoms with E-state index in [9.17, 15) is 4.79 Å². The maximum absolute atomic E-state index is 10.3. The largest absolute Gasteiger partial charge is 0.369 e. The molecular formula is C5H12N2O. The van der Waals surface area contributed by atoms with E-state index in [1.807, 2.05) is 0 Å². The van der Waals surface area contributed by atoms with Crippen molar-refractivity contribution >= 4 is 5.91 Å². The van der Waals surface area contributed by atoms with Gasteiger partial charge >= 0.3 is 0 Å². The molecule has 1 amide bonds. The number of nitrogens with two attached hydrogens (primary N) is 2. The van der Waals surface area contributed by atoms with Gasteiger partial charge in [0.2, 0.25) is 5.91 Å². The summed E-state index contributed by atoms with van der Waals surface area (Å²) < 4.78 is 0. The predicted molar refractivity (Wildman–Crippen MR) is 32.0 cm³/mol. The van der Waals surface area contributed by atoms with E-state index >= 15 is 0 Å². The predicted octanol–water partition coefficient (Wildman–Crippen LogP) is -0.545. The summed E-state index contributed by atoms with van der Waals surface area (Å²) >= 11 is 0. The first-order valence-electron chi connectivity index (χ1n) is 2.60. The molecule has 3 heteroatoms. The van der Waals surface area contributed by atoms with Crippen LogP contribution in [0.5, 0.6) is 0 Å². The fourth-order valence-corrected chi connectivity index (χ4v) is 0.259. The van der Waals surface area contributed by atoms with Crippen LogP contribution in [0.3, 0.4) is 0 Å². The molecule has 0 spiro atoms. The standard InChI is InChI=1S/C5H12N2O/c1-3(4(2)6)5(7)8/h3-4H,6H2,1-2H3,(H2,7,8)/t3?,4-/m1/s1. The van der Waals surface area contributed by atoms with Crippen molar-refractivity contribution in [3.8, 4) is 0 Å². The Bertz CT molecular complexity index is 90.4. The summed E-state index contributed by atoms with van der Waals surface area (Å²) in [5.41, 5.74) is 10.3. The molecule has 0 rings (SSSR count). The molecule has 0 heterocycles. The summed E-state index contributed by atoms with van der Waals surface area (Å²) in [6.45, 7) is 3.47. The van der Waals surface area contributed by atoms with Gasteiger partial charge in [-0.1, -0.05) is 6.92 Å². The summed E-state index contributed by atoms with van der Waals surface area (Å²) in [7, 11) is 0. The first-order chi connectivity index (χ1) is 3.55. The first-order valence-corrected chi connectivity index (χ1v) is 2.60. The van der Waals surface area contributed by atoms with E-state index in [4.69, 9.17) is 11.5 Å². The monoisotopic (exact) mass is 116 g/mol. The van der Waals surface area contributed by atoms with Gasteiger partial charge in [-0.05, 0) is 6.92 Å². The average molecular weight is 116 g/mol. The Balaban J connectivity index is 3.64. The van der Waals surface area contributed by atoms with Gasteiger partial charge in [-0.2, -0.15) is 0 Å². The van der Waals surface area contributed by atoms with Crippen LogP contribution in [0.15, 0.2) is 0 Å². The Morgan fingerprint density at radius 2 is 1.88 bits per heavy atom. The van der Waals surface area contributed by atoms with E-state index in [0.29, 0.717) is 0 Å². The summed E-state index contributed by atoms with van der Waals surface area (Å²) in [6, 6.07) is -0.132. The number of primary amides is 1. The van der Waals surface area contributed by atoms with Crippen LogP contribution in [0.1, 0.15) is 13.8 Å². The van der Waals surface area contributed by atoms with Crippen molar-refractivity contribution in [3.05, 3.63) is 0 Å². The Hall–Kier alpha value is -0.570. The number of amides is 1. The molecular weight excluding hydrogens is 104 g/mol. The van der Waals surface area contributed by atoms with E-state index < -0.39 is 0 Å². The molecule has 0 aliphatic carbocycles. The number of carbonyl (C=O) groups excluding carboxylic acids is 1. The van der Waals surface area contributed by atoms with Crippen molar-refractivity contribution in [1.82, 2.24) is 0 Å². The highest BCUT2D eigenvalue weighted by molar-refractivity contribution is 5.76. The molecule has 0 bridgehead atoms. The normalized spacial score (nSPS) is 17.4. The maximum Gasteiger partial charge on any atom is 0.221 e. The molecule has 0 aromatic carbocycles. The smallest absolute Gasteiger partial charge is 0.221 e. The van der Waals surface area contributed by atoms with Crippen LogP contribution in [0.4, 0.5) is 0 Å². The SMILES string of the molecule is CC(C(N)=O)[C@@H](C)N. The molecule has 0 radical (unpaired) electrons. The molecule has 0 saturated heterocycles. The van der Waals surface area contributed by atoms with Crippen LogP contribution in [0, 0.1) is 5.92 Å². The van der Waals surface area contributed by atoms with Crippen molar-refractivity contribution in [2.45, 2.75) is 19.9 Å². The Morgan fingerprint density at radius 3 is 1.88 bits per heavy atom. The zero-order chi connectivity index (χ0) is 6.73. The second kappa shape index (κ2) is 2.67. The molecule has 1 unspecified atom stereocenters. The van der Waals surface area contributed by atoms with Gasteiger partial charge in [-0.3, -0.25) is 4.79 Å². The van der Waals surface area contributed by atoms with E-state index in [-0.39, 0.29) is 17.9 Å².